The van der Waals surface area contributed by atoms with Crippen LogP contribution in [-0.4, -0.2) is 115 Å². The second-order valence-electron chi connectivity index (χ2n) is 13.1. The zero-order chi connectivity index (χ0) is 41.9. The second-order valence-corrected chi connectivity index (χ2v) is 18.3. The number of amides is 2. The minimum atomic E-state index is -5.92. The summed E-state index contributed by atoms with van der Waals surface area (Å²) in [7, 11) is -17.6. The van der Waals surface area contributed by atoms with E-state index in [-0.39, 0.29) is 59.6 Å². The fourth-order valence-electron chi connectivity index (χ4n) is 5.40. The number of imidazole rings is 1. The van der Waals surface area contributed by atoms with Crippen molar-refractivity contribution in [2.75, 3.05) is 37.8 Å². The van der Waals surface area contributed by atoms with E-state index >= 15 is 0 Å². The number of epoxide rings is 1. The number of nitrogens with one attached hydrogen (secondary N) is 2. The number of ether oxygens (including phenoxy) is 2. The number of anilines is 1. The summed E-state index contributed by atoms with van der Waals surface area (Å²) >= 11 is 1.01. The molecule has 9 atom stereocenters. The molecule has 3 aliphatic rings. The topological polar surface area (TPSA) is 387 Å². The van der Waals surface area contributed by atoms with Gasteiger partial charge in [0.2, 0.25) is 16.9 Å². The summed E-state index contributed by atoms with van der Waals surface area (Å²) in [5.74, 6) is -1.29. The molecule has 57 heavy (non-hydrogen) atoms. The summed E-state index contributed by atoms with van der Waals surface area (Å²) < 4.78 is 65.9. The van der Waals surface area contributed by atoms with Crippen molar-refractivity contribution in [1.82, 2.24) is 30.2 Å². The van der Waals surface area contributed by atoms with E-state index in [4.69, 9.17) is 15.2 Å². The molecule has 2 aromatic heterocycles. The zero-order valence-corrected chi connectivity index (χ0v) is 33.2. The van der Waals surface area contributed by atoms with E-state index in [1.807, 2.05) is 6.08 Å². The number of hydrogen-bond donors (Lipinski definition) is 5. The SMILES string of the molecule is CC(C)(COP(=O)([O-])OP(=O)([O-])OCC1OC(n2cnc3c(N)ncnc32)C(O)C1OP(=O)([O-])[O-])C(O)C(=O)NCCC(=O)NCCSC(=O)C1=CC=CC2OC12. The number of thioether (sulfide) groups is 1. The van der Waals surface area contributed by atoms with Crippen LogP contribution < -0.4 is 35.9 Å². The van der Waals surface area contributed by atoms with E-state index < -0.39 is 84.6 Å². The molecular formula is C28H36N7O18P3S-4. The Kier molecular flexibility index (Phi) is 14.3. The Bertz CT molecular complexity index is 2050. The largest absolute Gasteiger partial charge is 0.790 e. The number of nitrogen functional groups attached to an aromatic ring is 1. The molecule has 9 unspecified atom stereocenters. The molecule has 2 aliphatic heterocycles. The Morgan fingerprint density at radius 3 is 2.51 bits per heavy atom. The van der Waals surface area contributed by atoms with Crippen LogP contribution >= 0.6 is 35.2 Å². The summed E-state index contributed by atoms with van der Waals surface area (Å²) in [4.78, 5) is 96.5. The van der Waals surface area contributed by atoms with Crippen LogP contribution in [0, 0.1) is 5.41 Å². The van der Waals surface area contributed by atoms with Gasteiger partial charge in [-0.2, -0.15) is 0 Å². The molecule has 2 saturated heterocycles. The first kappa shape index (κ1) is 45.1. The number of phosphoric acid groups is 3. The second kappa shape index (κ2) is 18.1. The fourth-order valence-corrected chi connectivity index (χ4v) is 8.88. The monoisotopic (exact) mass is 883 g/mol. The van der Waals surface area contributed by atoms with Gasteiger partial charge in [-0.25, -0.2) is 19.3 Å². The number of nitrogens with two attached hydrogens (primary N) is 1. The number of phosphoric ester groups is 3. The third-order valence-electron chi connectivity index (χ3n) is 8.35. The van der Waals surface area contributed by atoms with E-state index in [2.05, 4.69) is 43.5 Å². The van der Waals surface area contributed by atoms with Gasteiger partial charge in [0.15, 0.2) is 17.7 Å². The van der Waals surface area contributed by atoms with Crippen LogP contribution in [0.25, 0.3) is 11.2 Å². The zero-order valence-electron chi connectivity index (χ0n) is 29.7. The number of carbonyl (C=O) groups is 3. The third kappa shape index (κ3) is 12.0. The van der Waals surface area contributed by atoms with Gasteiger partial charge in [0.1, 0.15) is 48.5 Å². The predicted octanol–water partition coefficient (Wildman–Crippen LogP) is -3.60. The van der Waals surface area contributed by atoms with Crippen LogP contribution in [0.3, 0.4) is 0 Å². The van der Waals surface area contributed by atoms with Crippen LogP contribution in [0.4, 0.5) is 5.82 Å². The average molecular weight is 884 g/mol. The number of aromatic nitrogens is 4. The maximum atomic E-state index is 12.5. The first-order chi connectivity index (χ1) is 26.6. The number of aliphatic hydroxyl groups excluding tert-OH is 2. The van der Waals surface area contributed by atoms with Crippen molar-refractivity contribution < 1.29 is 85.2 Å². The Hall–Kier alpha value is -3.00. The maximum absolute atomic E-state index is 12.5. The molecule has 25 nitrogen and oxygen atoms in total. The van der Waals surface area contributed by atoms with Gasteiger partial charge in [0.25, 0.3) is 15.6 Å². The first-order valence-corrected chi connectivity index (χ1v) is 22.0. The molecule has 5 rings (SSSR count). The van der Waals surface area contributed by atoms with Gasteiger partial charge < -0.3 is 73.8 Å². The summed E-state index contributed by atoms with van der Waals surface area (Å²) in [6.07, 6.45) is -2.65. The highest BCUT2D eigenvalue weighted by molar-refractivity contribution is 8.14. The molecule has 2 fully saturated rings. The summed E-state index contributed by atoms with van der Waals surface area (Å²) in [6.45, 7) is 0.0316. The molecule has 0 spiro atoms. The minimum Gasteiger partial charge on any atom is -0.790 e. The lowest BCUT2D eigenvalue weighted by molar-refractivity contribution is -0.347. The van der Waals surface area contributed by atoms with Crippen molar-refractivity contribution in [3.63, 3.8) is 0 Å². The smallest absolute Gasteiger partial charge is 0.274 e. The van der Waals surface area contributed by atoms with Gasteiger partial charge >= 0.3 is 0 Å². The average Bonchev–Trinajstić information content (AvgIpc) is 3.71. The van der Waals surface area contributed by atoms with Crippen molar-refractivity contribution in [3.8, 4) is 0 Å². The third-order valence-corrected chi connectivity index (χ3v) is 12.3. The molecule has 4 heterocycles. The van der Waals surface area contributed by atoms with Crippen LogP contribution in [-0.2, 0) is 55.4 Å². The molecule has 0 aromatic carbocycles. The minimum absolute atomic E-state index is 0.0233. The highest BCUT2D eigenvalue weighted by Crippen LogP contribution is 2.56. The van der Waals surface area contributed by atoms with Gasteiger partial charge in [-0.1, -0.05) is 43.8 Å². The van der Waals surface area contributed by atoms with Gasteiger partial charge in [0.05, 0.1) is 27.4 Å². The molecule has 0 saturated carbocycles. The van der Waals surface area contributed by atoms with Crippen LogP contribution in [0.5, 0.6) is 0 Å². The summed E-state index contributed by atoms with van der Waals surface area (Å²) in [6, 6.07) is 0. The predicted molar refractivity (Wildman–Crippen MR) is 184 cm³/mol. The van der Waals surface area contributed by atoms with Crippen molar-refractivity contribution in [2.45, 2.75) is 63.1 Å². The lowest BCUT2D eigenvalue weighted by Gasteiger charge is -2.36. The number of nitrogens with zero attached hydrogens (tertiary/aromatic N) is 4. The van der Waals surface area contributed by atoms with Gasteiger partial charge in [-0.05, 0) is 0 Å². The molecule has 2 aromatic rings. The highest BCUT2D eigenvalue weighted by atomic mass is 32.2. The van der Waals surface area contributed by atoms with Crippen molar-refractivity contribution in [3.05, 3.63) is 36.5 Å². The fraction of sp³-hybridized carbons (Fsp3) is 0.571. The van der Waals surface area contributed by atoms with Crippen LogP contribution in [0.1, 0.15) is 26.5 Å². The Morgan fingerprint density at radius 1 is 1.07 bits per heavy atom. The highest BCUT2D eigenvalue weighted by Gasteiger charge is 2.48. The van der Waals surface area contributed by atoms with E-state index in [9.17, 15) is 57.9 Å². The molecule has 29 heteroatoms. The van der Waals surface area contributed by atoms with E-state index in [0.29, 0.717) is 5.57 Å². The Labute approximate surface area is 326 Å². The Balaban J connectivity index is 1.05. The maximum Gasteiger partial charge on any atom is 0.274 e. The normalized spacial score (nSPS) is 25.9. The number of carbonyl (C=O) groups excluding carboxylic acids is 3. The standard InChI is InChI=1S/C28H40N7O18P3S/c1-28(2,22(38)25(39)31-7-6-17(36)30-8-9-57-27(40)14-4-3-5-15-20(14)50-15)11-49-56(46,47)53-55(44,45)48-10-16-21(52-54(41,42)43)19(37)26(51-16)35-13-34-18-23(29)32-12-33-24(18)35/h3-5,12-13,15-16,19-22,26,37-38H,6-11H2,1-2H3,(H,30,36)(H,31,39)(H,44,45)(H,46,47)(H2,29,32,33)(H2,41,42,43)/p-4. The molecular weight excluding hydrogens is 847 g/mol. The number of aliphatic hydroxyl groups is 2. The number of hydrogen-bond acceptors (Lipinski definition) is 23. The van der Waals surface area contributed by atoms with Crippen LogP contribution in [0.2, 0.25) is 0 Å². The summed E-state index contributed by atoms with van der Waals surface area (Å²) in [5, 5.41) is 26.1. The van der Waals surface area contributed by atoms with Crippen molar-refractivity contribution >= 4 is 69.1 Å². The van der Waals surface area contributed by atoms with Crippen LogP contribution in [0.15, 0.2) is 36.5 Å². The van der Waals surface area contributed by atoms with Gasteiger partial charge in [-0.15, -0.1) is 0 Å². The lowest BCUT2D eigenvalue weighted by Crippen LogP contribution is -2.46. The summed E-state index contributed by atoms with van der Waals surface area (Å²) in [5.41, 5.74) is 4.61. The number of rotatable bonds is 20. The number of fused-ring (bicyclic) bond motifs is 2. The first-order valence-electron chi connectivity index (χ1n) is 16.6. The Morgan fingerprint density at radius 2 is 1.79 bits per heavy atom. The van der Waals surface area contributed by atoms with E-state index in [1.165, 1.54) is 13.8 Å². The molecule has 0 radical (unpaired) electrons. The molecule has 0 bridgehead atoms. The molecule has 316 valence electrons. The quantitative estimate of drug-likeness (QED) is 0.0487. The van der Waals surface area contributed by atoms with Crippen molar-refractivity contribution in [2.24, 2.45) is 5.41 Å². The number of allylic oxidation sites excluding steroid dienone is 2. The van der Waals surface area contributed by atoms with Gasteiger partial charge in [0, 0.05) is 36.3 Å². The molecule has 2 amide bonds. The van der Waals surface area contributed by atoms with E-state index in [0.717, 1.165) is 29.0 Å². The van der Waals surface area contributed by atoms with Crippen molar-refractivity contribution in [1.29, 1.82) is 0 Å². The molecule has 1 aliphatic carbocycles. The lowest BCUT2D eigenvalue weighted by atomic mass is 9.87. The van der Waals surface area contributed by atoms with E-state index in [1.54, 1.807) is 12.2 Å². The van der Waals surface area contributed by atoms with Gasteiger partial charge in [-0.3, -0.25) is 28.1 Å². The molecule has 6 N–H and O–H groups in total.